The first-order valence-electron chi connectivity index (χ1n) is 3.57. The molecule has 0 aliphatic heterocycles. The van der Waals surface area contributed by atoms with Crippen LogP contribution < -0.4 is 5.56 Å². The molecule has 2 N–H and O–H groups in total. The van der Waals surface area contributed by atoms with Gasteiger partial charge in [0.2, 0.25) is 0 Å². The number of carbonyl (C=O) groups is 1. The quantitative estimate of drug-likeness (QED) is 0.647. The van der Waals surface area contributed by atoms with Crippen LogP contribution >= 0.6 is 0 Å². The summed E-state index contributed by atoms with van der Waals surface area (Å²) in [6.45, 7) is 1.53. The van der Waals surface area contributed by atoms with Crippen LogP contribution in [0.3, 0.4) is 0 Å². The van der Waals surface area contributed by atoms with Crippen molar-refractivity contribution in [2.45, 2.75) is 6.92 Å². The highest BCUT2D eigenvalue weighted by Crippen LogP contribution is 2.17. The Morgan fingerprint density at radius 1 is 1.54 bits per heavy atom. The van der Waals surface area contributed by atoms with E-state index < -0.39 is 22.8 Å². The minimum atomic E-state index is -1.41. The molecule has 0 bridgehead atoms. The van der Waals surface area contributed by atoms with Crippen LogP contribution in [0.5, 0.6) is 5.75 Å². The Morgan fingerprint density at radius 3 is 2.54 bits per heavy atom. The van der Waals surface area contributed by atoms with E-state index in [1.807, 2.05) is 0 Å². The first-order valence-corrected chi connectivity index (χ1v) is 3.57. The van der Waals surface area contributed by atoms with Crippen molar-refractivity contribution in [2.24, 2.45) is 7.05 Å². The number of pyridine rings is 1. The SMILES string of the molecule is Cc1cn(C)c(=O)c(C(=O)O)c1O. The van der Waals surface area contributed by atoms with Crippen molar-refractivity contribution in [3.8, 4) is 5.75 Å². The molecule has 0 unspecified atom stereocenters. The number of carboxylic acids is 1. The molecule has 13 heavy (non-hydrogen) atoms. The summed E-state index contributed by atoms with van der Waals surface area (Å²) in [4.78, 5) is 21.8. The lowest BCUT2D eigenvalue weighted by Crippen LogP contribution is -2.24. The zero-order chi connectivity index (χ0) is 10.2. The van der Waals surface area contributed by atoms with Gasteiger partial charge in [0.1, 0.15) is 5.75 Å². The smallest absolute Gasteiger partial charge is 0.345 e. The molecule has 1 rings (SSSR count). The van der Waals surface area contributed by atoms with Crippen LogP contribution in [-0.4, -0.2) is 20.7 Å². The van der Waals surface area contributed by atoms with Crippen LogP contribution in [0, 0.1) is 6.92 Å². The summed E-state index contributed by atoms with van der Waals surface area (Å²) >= 11 is 0. The molecular formula is C8H9NO4. The van der Waals surface area contributed by atoms with Crippen LogP contribution in [0.1, 0.15) is 15.9 Å². The molecule has 70 valence electrons. The van der Waals surface area contributed by atoms with E-state index in [1.54, 1.807) is 0 Å². The largest absolute Gasteiger partial charge is 0.506 e. The summed E-state index contributed by atoms with van der Waals surface area (Å²) < 4.78 is 1.12. The van der Waals surface area contributed by atoms with E-state index >= 15 is 0 Å². The Labute approximate surface area is 73.9 Å². The van der Waals surface area contributed by atoms with Gasteiger partial charge in [-0.2, -0.15) is 0 Å². The maximum absolute atomic E-state index is 11.2. The third-order valence-corrected chi connectivity index (χ3v) is 1.75. The number of aromatic nitrogens is 1. The average Bonchev–Trinajstić information content (AvgIpc) is 2.01. The molecule has 0 fully saturated rings. The molecule has 5 nitrogen and oxygen atoms in total. The van der Waals surface area contributed by atoms with Crippen molar-refractivity contribution >= 4 is 5.97 Å². The topological polar surface area (TPSA) is 79.5 Å². The van der Waals surface area contributed by atoms with Crippen LogP contribution in [0.25, 0.3) is 0 Å². The Morgan fingerprint density at radius 2 is 2.08 bits per heavy atom. The van der Waals surface area contributed by atoms with Gasteiger partial charge in [-0.3, -0.25) is 4.79 Å². The fraction of sp³-hybridized carbons (Fsp3) is 0.250. The molecule has 0 aliphatic rings. The predicted octanol–water partition coefficient (Wildman–Crippen LogP) is 0.0975. The zero-order valence-electron chi connectivity index (χ0n) is 7.24. The number of carboxylic acid groups (broad SMARTS) is 1. The Hall–Kier alpha value is -1.78. The molecule has 0 atom stereocenters. The van der Waals surface area contributed by atoms with Crippen molar-refractivity contribution in [2.75, 3.05) is 0 Å². The summed E-state index contributed by atoms with van der Waals surface area (Å²) in [5, 5.41) is 17.9. The van der Waals surface area contributed by atoms with Crippen molar-refractivity contribution in [1.29, 1.82) is 0 Å². The normalized spacial score (nSPS) is 10.0. The summed E-state index contributed by atoms with van der Waals surface area (Å²) in [6, 6.07) is 0. The standard InChI is InChI=1S/C8H9NO4/c1-4-3-9(2)7(11)5(6(4)10)8(12)13/h3,10H,1-2H3,(H,12,13). The van der Waals surface area contributed by atoms with Gasteiger partial charge in [0.05, 0.1) is 0 Å². The van der Waals surface area contributed by atoms with Crippen molar-refractivity contribution in [1.82, 2.24) is 4.57 Å². The second-order valence-corrected chi connectivity index (χ2v) is 2.76. The highest BCUT2D eigenvalue weighted by molar-refractivity contribution is 5.90. The van der Waals surface area contributed by atoms with E-state index in [2.05, 4.69) is 0 Å². The van der Waals surface area contributed by atoms with Crippen LogP contribution in [-0.2, 0) is 7.05 Å². The number of aromatic carboxylic acids is 1. The average molecular weight is 183 g/mol. The predicted molar refractivity (Wildman–Crippen MR) is 45.0 cm³/mol. The molecule has 5 heteroatoms. The van der Waals surface area contributed by atoms with Gasteiger partial charge in [-0.15, -0.1) is 0 Å². The Kier molecular flexibility index (Phi) is 2.10. The number of hydrogen-bond acceptors (Lipinski definition) is 3. The van der Waals surface area contributed by atoms with Crippen molar-refractivity contribution in [3.05, 3.63) is 27.7 Å². The molecular weight excluding hydrogens is 174 g/mol. The van der Waals surface area contributed by atoms with Gasteiger partial charge < -0.3 is 14.8 Å². The summed E-state index contributed by atoms with van der Waals surface area (Å²) in [5.74, 6) is -1.88. The summed E-state index contributed by atoms with van der Waals surface area (Å²) in [6.07, 6.45) is 1.38. The minimum Gasteiger partial charge on any atom is -0.506 e. The van der Waals surface area contributed by atoms with Gasteiger partial charge in [-0.25, -0.2) is 4.79 Å². The molecule has 1 aromatic rings. The molecule has 0 saturated heterocycles. The molecule has 0 amide bonds. The number of aryl methyl sites for hydroxylation is 2. The second kappa shape index (κ2) is 2.93. The lowest BCUT2D eigenvalue weighted by molar-refractivity contribution is 0.0690. The van der Waals surface area contributed by atoms with E-state index in [4.69, 9.17) is 5.11 Å². The van der Waals surface area contributed by atoms with Crippen LogP contribution in [0.4, 0.5) is 0 Å². The molecule has 0 radical (unpaired) electrons. The Balaban J connectivity index is 3.66. The molecule has 1 heterocycles. The maximum atomic E-state index is 11.2. The van der Waals surface area contributed by atoms with Gasteiger partial charge in [0.15, 0.2) is 5.56 Å². The molecule has 0 aliphatic carbocycles. The Bertz CT molecular complexity index is 419. The lowest BCUT2D eigenvalue weighted by Gasteiger charge is -2.05. The monoisotopic (exact) mass is 183 g/mol. The van der Waals surface area contributed by atoms with E-state index in [0.29, 0.717) is 5.56 Å². The fourth-order valence-corrected chi connectivity index (χ4v) is 1.08. The first kappa shape index (κ1) is 9.31. The molecule has 1 aromatic heterocycles. The van der Waals surface area contributed by atoms with E-state index in [9.17, 15) is 14.7 Å². The van der Waals surface area contributed by atoms with Gasteiger partial charge in [0.25, 0.3) is 5.56 Å². The minimum absolute atomic E-state index is 0.361. The van der Waals surface area contributed by atoms with E-state index in [1.165, 1.54) is 20.2 Å². The van der Waals surface area contributed by atoms with Crippen molar-refractivity contribution < 1.29 is 15.0 Å². The van der Waals surface area contributed by atoms with E-state index in [-0.39, 0.29) is 0 Å². The third-order valence-electron chi connectivity index (χ3n) is 1.75. The summed E-state index contributed by atoms with van der Waals surface area (Å²) in [7, 11) is 1.43. The van der Waals surface area contributed by atoms with Crippen LogP contribution in [0.2, 0.25) is 0 Å². The van der Waals surface area contributed by atoms with Gasteiger partial charge in [-0.05, 0) is 6.92 Å². The summed E-state index contributed by atoms with van der Waals surface area (Å²) in [5.41, 5.74) is -0.933. The molecule has 0 aromatic carbocycles. The molecule has 0 spiro atoms. The maximum Gasteiger partial charge on any atom is 0.345 e. The van der Waals surface area contributed by atoms with Gasteiger partial charge in [0, 0.05) is 18.8 Å². The number of aromatic hydroxyl groups is 1. The second-order valence-electron chi connectivity index (χ2n) is 2.76. The number of nitrogens with zero attached hydrogens (tertiary/aromatic N) is 1. The highest BCUT2D eigenvalue weighted by atomic mass is 16.4. The van der Waals surface area contributed by atoms with Crippen molar-refractivity contribution in [3.63, 3.8) is 0 Å². The van der Waals surface area contributed by atoms with Crippen LogP contribution in [0.15, 0.2) is 11.0 Å². The highest BCUT2D eigenvalue weighted by Gasteiger charge is 2.17. The number of rotatable bonds is 1. The van der Waals surface area contributed by atoms with Gasteiger partial charge >= 0.3 is 5.97 Å². The van der Waals surface area contributed by atoms with E-state index in [0.717, 1.165) is 4.57 Å². The lowest BCUT2D eigenvalue weighted by atomic mass is 10.2. The third kappa shape index (κ3) is 1.40. The molecule has 0 saturated carbocycles. The first-order chi connectivity index (χ1) is 5.95. The fourth-order valence-electron chi connectivity index (χ4n) is 1.08. The van der Waals surface area contributed by atoms with Gasteiger partial charge in [-0.1, -0.05) is 0 Å². The zero-order valence-corrected chi connectivity index (χ0v) is 7.24. The number of hydrogen-bond donors (Lipinski definition) is 2.